The molecule has 0 saturated heterocycles. The van der Waals surface area contributed by atoms with Crippen molar-refractivity contribution < 1.29 is 39.5 Å². The molecule has 0 bridgehead atoms. The molecule has 0 aromatic carbocycles. The van der Waals surface area contributed by atoms with Crippen molar-refractivity contribution in [2.75, 3.05) is 5.88 Å². The van der Waals surface area contributed by atoms with Gasteiger partial charge in [0.25, 0.3) is 0 Å². The number of hydrogen-bond donors (Lipinski definition) is 0. The van der Waals surface area contributed by atoms with E-state index < -0.39 is 6.47 Å². The Morgan fingerprint density at radius 3 is 1.86 bits per heavy atom. The van der Waals surface area contributed by atoms with Crippen LogP contribution in [0.15, 0.2) is 0 Å². The number of hydrogen-bond acceptors (Lipinski definition) is 2. The Morgan fingerprint density at radius 1 is 1.86 bits per heavy atom. The van der Waals surface area contributed by atoms with Gasteiger partial charge in [-0.2, -0.15) is 0 Å². The molecule has 38 valence electrons. The summed E-state index contributed by atoms with van der Waals surface area (Å²) in [6.07, 6.45) is 0. The van der Waals surface area contributed by atoms with Crippen molar-refractivity contribution in [2.45, 2.75) is 6.92 Å². The van der Waals surface area contributed by atoms with Gasteiger partial charge >= 0.3 is 29.6 Å². The molecule has 0 atom stereocenters. The van der Waals surface area contributed by atoms with Crippen LogP contribution in [0.25, 0.3) is 0 Å². The third-order valence-corrected chi connectivity index (χ3v) is 0. The van der Waals surface area contributed by atoms with E-state index in [1.807, 2.05) is 6.92 Å². The first kappa shape index (κ1) is 15.7. The number of carbonyl (C=O) groups excluding carboxylic acids is 1. The summed E-state index contributed by atoms with van der Waals surface area (Å²) in [5.41, 5.74) is 0. The fraction of sp³-hybridized carbons (Fsp3) is 0.667. The largest absolute Gasteiger partial charge is 1.00 e. The van der Waals surface area contributed by atoms with Gasteiger partial charge in [-0.1, -0.05) is 6.92 Å². The second-order valence-electron chi connectivity index (χ2n) is 0.363. The first-order valence-electron chi connectivity index (χ1n) is 1.45. The zero-order chi connectivity index (χ0) is 5.41. The van der Waals surface area contributed by atoms with Crippen LogP contribution in [-0.2, 0) is 4.79 Å². The van der Waals surface area contributed by atoms with E-state index in [0.717, 1.165) is 5.88 Å². The van der Waals surface area contributed by atoms with Crippen molar-refractivity contribution in [3.8, 4) is 0 Å². The molecule has 0 amide bonds. The van der Waals surface area contributed by atoms with Crippen LogP contribution in [0.4, 0.5) is 0 Å². The molecular formula is C3H6ClNaO2. The summed E-state index contributed by atoms with van der Waals surface area (Å²) in [5, 5.41) is 8.25. The van der Waals surface area contributed by atoms with Crippen molar-refractivity contribution in [1.82, 2.24) is 0 Å². The van der Waals surface area contributed by atoms with Crippen LogP contribution in [0.5, 0.6) is 0 Å². The second-order valence-corrected chi connectivity index (χ2v) is 0.898. The van der Waals surface area contributed by atoms with Crippen LogP contribution >= 0.6 is 11.6 Å². The SMILES string of the molecule is CCCl.O=C[O-].[Na+]. The van der Waals surface area contributed by atoms with E-state index in [0.29, 0.717) is 0 Å². The second kappa shape index (κ2) is 29.4. The molecule has 4 heteroatoms. The smallest absolute Gasteiger partial charge is 0.554 e. The summed E-state index contributed by atoms with van der Waals surface area (Å²) in [6.45, 7) is 1.39. The molecule has 0 rings (SSSR count). The molecule has 0 aliphatic rings. The molecule has 7 heavy (non-hydrogen) atoms. The van der Waals surface area contributed by atoms with Gasteiger partial charge in [0.2, 0.25) is 0 Å². The van der Waals surface area contributed by atoms with E-state index in [2.05, 4.69) is 0 Å². The molecule has 2 nitrogen and oxygen atoms in total. The monoisotopic (exact) mass is 132 g/mol. The van der Waals surface area contributed by atoms with E-state index >= 15 is 0 Å². The Bertz CT molecular complexity index is 26.9. The Hall–Kier alpha value is 0.760. The van der Waals surface area contributed by atoms with Gasteiger partial charge in [0.05, 0.1) is 0 Å². The quantitative estimate of drug-likeness (QED) is 0.196. The van der Waals surface area contributed by atoms with Crippen molar-refractivity contribution >= 4 is 18.1 Å². The fourth-order valence-corrected chi connectivity index (χ4v) is 0. The van der Waals surface area contributed by atoms with Crippen molar-refractivity contribution in [3.05, 3.63) is 0 Å². The van der Waals surface area contributed by atoms with E-state index in [4.69, 9.17) is 21.5 Å². The van der Waals surface area contributed by atoms with Gasteiger partial charge in [-0.05, 0) is 0 Å². The zero-order valence-electron chi connectivity index (χ0n) is 4.48. The predicted octanol–water partition coefficient (Wildman–Crippen LogP) is -3.38. The van der Waals surface area contributed by atoms with Crippen molar-refractivity contribution in [1.29, 1.82) is 0 Å². The topological polar surface area (TPSA) is 40.1 Å². The molecule has 0 spiro atoms. The molecule has 0 unspecified atom stereocenters. The van der Waals surface area contributed by atoms with Gasteiger partial charge in [0, 0.05) is 12.4 Å². The first-order chi connectivity index (χ1) is 2.83. The third kappa shape index (κ3) is 265. The Kier molecular flexibility index (Phi) is 65.8. The third-order valence-electron chi connectivity index (χ3n) is 0. The van der Waals surface area contributed by atoms with Crippen molar-refractivity contribution in [3.63, 3.8) is 0 Å². The Labute approximate surface area is 70.1 Å². The average Bonchev–Trinajstić information content (AvgIpc) is 1.39. The van der Waals surface area contributed by atoms with Crippen LogP contribution in [-0.4, -0.2) is 12.4 Å². The number of carbonyl (C=O) groups is 1. The van der Waals surface area contributed by atoms with Gasteiger partial charge < -0.3 is 9.90 Å². The molecule has 0 heterocycles. The minimum Gasteiger partial charge on any atom is -0.554 e. The minimum atomic E-state index is -0.500. The Morgan fingerprint density at radius 2 is 1.86 bits per heavy atom. The molecule has 0 aromatic heterocycles. The molecule has 0 fully saturated rings. The number of carboxylic acid groups (broad SMARTS) is 1. The molecule has 0 aliphatic heterocycles. The average molecular weight is 133 g/mol. The molecular weight excluding hydrogens is 126 g/mol. The van der Waals surface area contributed by atoms with Crippen LogP contribution in [0.1, 0.15) is 6.92 Å². The molecule has 0 aliphatic carbocycles. The minimum absolute atomic E-state index is 0. The number of rotatable bonds is 0. The van der Waals surface area contributed by atoms with E-state index in [-0.39, 0.29) is 29.6 Å². The van der Waals surface area contributed by atoms with Gasteiger partial charge in [-0.25, -0.2) is 0 Å². The number of alkyl halides is 1. The summed E-state index contributed by atoms with van der Waals surface area (Å²) < 4.78 is 0. The molecule has 0 radical (unpaired) electrons. The summed E-state index contributed by atoms with van der Waals surface area (Å²) in [6, 6.07) is 0. The molecule has 0 N–H and O–H groups in total. The number of halogens is 1. The summed E-state index contributed by atoms with van der Waals surface area (Å²) in [5.74, 6) is 0.722. The maximum atomic E-state index is 8.25. The fourth-order valence-electron chi connectivity index (χ4n) is 0. The van der Waals surface area contributed by atoms with E-state index in [1.54, 1.807) is 0 Å². The normalized spacial score (nSPS) is 4.29. The zero-order valence-corrected chi connectivity index (χ0v) is 7.23. The van der Waals surface area contributed by atoms with Crippen LogP contribution in [0, 0.1) is 0 Å². The summed E-state index contributed by atoms with van der Waals surface area (Å²) in [4.78, 5) is 8.25. The standard InChI is InChI=1S/C2H5Cl.CH2O2.Na/c1-2-3;2-1-3;/h2H2,1H3;1H,(H,2,3);/q;;+1/p-1. The molecule has 0 saturated carbocycles. The van der Waals surface area contributed by atoms with E-state index in [9.17, 15) is 0 Å². The van der Waals surface area contributed by atoms with Gasteiger partial charge in [0.1, 0.15) is 0 Å². The molecule has 0 aromatic rings. The maximum Gasteiger partial charge on any atom is 1.00 e. The van der Waals surface area contributed by atoms with Crippen LogP contribution < -0.4 is 34.7 Å². The van der Waals surface area contributed by atoms with E-state index in [1.165, 1.54) is 0 Å². The summed E-state index contributed by atoms with van der Waals surface area (Å²) in [7, 11) is 0. The van der Waals surface area contributed by atoms with Crippen molar-refractivity contribution in [2.24, 2.45) is 0 Å². The van der Waals surface area contributed by atoms with Gasteiger partial charge in [-0.15, -0.1) is 11.6 Å². The van der Waals surface area contributed by atoms with Crippen LogP contribution in [0.2, 0.25) is 0 Å². The first-order valence-corrected chi connectivity index (χ1v) is 1.98. The Balaban J connectivity index is -0.0000000400. The van der Waals surface area contributed by atoms with Gasteiger partial charge in [0.15, 0.2) is 0 Å². The van der Waals surface area contributed by atoms with Gasteiger partial charge in [-0.3, -0.25) is 0 Å². The summed E-state index contributed by atoms with van der Waals surface area (Å²) >= 11 is 5.00. The maximum absolute atomic E-state index is 8.25. The predicted molar refractivity (Wildman–Crippen MR) is 22.5 cm³/mol. The van der Waals surface area contributed by atoms with Crippen LogP contribution in [0.3, 0.4) is 0 Å².